The lowest BCUT2D eigenvalue weighted by atomic mass is 9.76. The fourth-order valence-corrected chi connectivity index (χ4v) is 6.07. The lowest BCUT2D eigenvalue weighted by molar-refractivity contribution is -0.142. The van der Waals surface area contributed by atoms with E-state index in [2.05, 4.69) is 21.7 Å². The van der Waals surface area contributed by atoms with Gasteiger partial charge in [0.2, 0.25) is 17.7 Å². The second-order valence-corrected chi connectivity index (χ2v) is 9.31. The summed E-state index contributed by atoms with van der Waals surface area (Å²) in [5.74, 6) is -1.98. The number of benzene rings is 2. The number of hydrogen-bond acceptors (Lipinski definition) is 4. The number of anilines is 1. The van der Waals surface area contributed by atoms with E-state index in [-0.39, 0.29) is 23.8 Å². The molecule has 2 aromatic carbocycles. The minimum Gasteiger partial charge on any atom is -0.361 e. The van der Waals surface area contributed by atoms with Crippen LogP contribution in [-0.4, -0.2) is 40.2 Å². The first-order valence-electron chi connectivity index (χ1n) is 11.6. The van der Waals surface area contributed by atoms with Crippen molar-refractivity contribution in [2.45, 2.75) is 37.8 Å². The van der Waals surface area contributed by atoms with Gasteiger partial charge in [-0.05, 0) is 30.5 Å². The number of likely N-dealkylation sites (tertiary alicyclic amines) is 1. The second kappa shape index (κ2) is 7.28. The number of imide groups is 1. The summed E-state index contributed by atoms with van der Waals surface area (Å²) in [5, 5.41) is 7.57. The molecule has 3 aromatic rings. The molecule has 6 rings (SSSR count). The van der Waals surface area contributed by atoms with Gasteiger partial charge in [0.1, 0.15) is 5.54 Å². The van der Waals surface area contributed by atoms with Crippen LogP contribution in [0.4, 0.5) is 5.69 Å². The van der Waals surface area contributed by atoms with Crippen molar-refractivity contribution < 1.29 is 14.4 Å². The maximum absolute atomic E-state index is 13.7. The fraction of sp³-hybridized carbons (Fsp3) is 0.346. The van der Waals surface area contributed by atoms with E-state index in [1.165, 1.54) is 4.90 Å². The number of nitrogens with zero attached hydrogens (tertiary/aromatic N) is 1. The molecule has 2 unspecified atom stereocenters. The van der Waals surface area contributed by atoms with Gasteiger partial charge in [-0.15, -0.1) is 0 Å². The van der Waals surface area contributed by atoms with E-state index in [0.717, 1.165) is 34.9 Å². The fourth-order valence-electron chi connectivity index (χ4n) is 6.07. The van der Waals surface area contributed by atoms with Crippen molar-refractivity contribution in [1.29, 1.82) is 0 Å². The molecule has 0 aliphatic carbocycles. The third kappa shape index (κ3) is 2.69. The highest BCUT2D eigenvalue weighted by atomic mass is 16.2. The van der Waals surface area contributed by atoms with Gasteiger partial charge in [0.15, 0.2) is 0 Å². The standard InChI is InChI=1S/C26H26N4O3/c1-2-3-12-30-23(31)21-20(13-15-14-27-18-10-6-4-8-16(15)18)29-26(22(21)24(30)32)17-9-5-7-11-19(17)28-25(26)33/h4-11,14,20-22,27,29H,2-3,12-13H2,1H3,(H,28,33)/t20?,21-,22+,26?/m1/s1. The van der Waals surface area contributed by atoms with Crippen LogP contribution in [-0.2, 0) is 26.3 Å². The van der Waals surface area contributed by atoms with E-state index < -0.39 is 17.4 Å². The average Bonchev–Trinajstić information content (AvgIpc) is 3.53. The molecule has 0 saturated carbocycles. The highest BCUT2D eigenvalue weighted by Gasteiger charge is 2.70. The smallest absolute Gasteiger partial charge is 0.250 e. The van der Waals surface area contributed by atoms with Crippen molar-refractivity contribution >= 4 is 34.3 Å². The van der Waals surface area contributed by atoms with Crippen molar-refractivity contribution in [3.05, 3.63) is 65.9 Å². The molecule has 7 heteroatoms. The number of rotatable bonds is 5. The largest absolute Gasteiger partial charge is 0.361 e. The average molecular weight is 443 g/mol. The first kappa shape index (κ1) is 20.2. The van der Waals surface area contributed by atoms with Crippen molar-refractivity contribution in [2.75, 3.05) is 11.9 Å². The lowest BCUT2D eigenvalue weighted by Crippen LogP contribution is -2.53. The summed E-state index contributed by atoms with van der Waals surface area (Å²) in [6.07, 6.45) is 4.15. The highest BCUT2D eigenvalue weighted by molar-refractivity contribution is 6.15. The van der Waals surface area contributed by atoms with Crippen LogP contribution >= 0.6 is 0 Å². The maximum Gasteiger partial charge on any atom is 0.250 e. The molecule has 7 nitrogen and oxygen atoms in total. The molecule has 0 radical (unpaired) electrons. The zero-order valence-corrected chi connectivity index (χ0v) is 18.4. The molecule has 0 bridgehead atoms. The zero-order chi connectivity index (χ0) is 22.7. The zero-order valence-electron chi connectivity index (χ0n) is 18.4. The Bertz CT molecular complexity index is 1300. The number of hydrogen-bond donors (Lipinski definition) is 3. The maximum atomic E-state index is 13.7. The number of H-pyrrole nitrogens is 1. The molecule has 4 heterocycles. The Kier molecular flexibility index (Phi) is 4.45. The highest BCUT2D eigenvalue weighted by Crippen LogP contribution is 2.53. The molecular weight excluding hydrogens is 416 g/mol. The van der Waals surface area contributed by atoms with E-state index in [1.54, 1.807) is 0 Å². The van der Waals surface area contributed by atoms with Gasteiger partial charge in [0.25, 0.3) is 0 Å². The summed E-state index contributed by atoms with van der Waals surface area (Å²) in [4.78, 5) is 45.4. The SMILES string of the molecule is CCCCN1C(=O)[C@@H]2C(Cc3c[nH]c4ccccc34)NC3(C(=O)Nc4ccccc43)[C@@H]2C1=O. The van der Waals surface area contributed by atoms with Crippen LogP contribution in [0, 0.1) is 11.8 Å². The molecule has 2 fully saturated rings. The minimum atomic E-state index is -1.23. The second-order valence-electron chi connectivity index (χ2n) is 9.31. The van der Waals surface area contributed by atoms with Gasteiger partial charge >= 0.3 is 0 Å². The number of carbonyl (C=O) groups excluding carboxylic acids is 3. The molecule has 168 valence electrons. The quantitative estimate of drug-likeness (QED) is 0.530. The number of nitrogens with one attached hydrogen (secondary N) is 3. The number of fused-ring (bicyclic) bond motifs is 5. The molecule has 1 aromatic heterocycles. The Morgan fingerprint density at radius 2 is 1.79 bits per heavy atom. The van der Waals surface area contributed by atoms with Crippen LogP contribution in [0.2, 0.25) is 0 Å². The van der Waals surface area contributed by atoms with Crippen molar-refractivity contribution in [3.8, 4) is 0 Å². The normalized spacial score (nSPS) is 28.1. The third-order valence-electron chi connectivity index (χ3n) is 7.56. The number of carbonyl (C=O) groups is 3. The van der Waals surface area contributed by atoms with Crippen LogP contribution in [0.1, 0.15) is 30.9 Å². The Hall–Kier alpha value is -3.45. The van der Waals surface area contributed by atoms with Crippen molar-refractivity contribution in [3.63, 3.8) is 0 Å². The summed E-state index contributed by atoms with van der Waals surface area (Å²) in [6.45, 7) is 2.44. The Labute approximate surface area is 191 Å². The summed E-state index contributed by atoms with van der Waals surface area (Å²) < 4.78 is 0. The third-order valence-corrected chi connectivity index (χ3v) is 7.56. The van der Waals surface area contributed by atoms with E-state index in [1.807, 2.05) is 55.6 Å². The van der Waals surface area contributed by atoms with Gasteiger partial charge in [0.05, 0.1) is 11.8 Å². The number of amides is 3. The van der Waals surface area contributed by atoms with Crippen molar-refractivity contribution in [2.24, 2.45) is 11.8 Å². The molecule has 3 aliphatic rings. The minimum absolute atomic E-state index is 0.162. The topological polar surface area (TPSA) is 94.3 Å². The van der Waals surface area contributed by atoms with Gasteiger partial charge < -0.3 is 10.3 Å². The van der Waals surface area contributed by atoms with Crippen LogP contribution < -0.4 is 10.6 Å². The summed E-state index contributed by atoms with van der Waals surface area (Å²) in [5.41, 5.74) is 2.32. The number of aromatic nitrogens is 1. The summed E-state index contributed by atoms with van der Waals surface area (Å²) in [7, 11) is 0. The van der Waals surface area contributed by atoms with Crippen LogP contribution in [0.3, 0.4) is 0 Å². The van der Waals surface area contributed by atoms with E-state index in [9.17, 15) is 14.4 Å². The molecule has 2 saturated heterocycles. The predicted molar refractivity (Wildman–Crippen MR) is 124 cm³/mol. The van der Waals surface area contributed by atoms with Gasteiger partial charge in [0, 0.05) is 40.9 Å². The van der Waals surface area contributed by atoms with Gasteiger partial charge in [-0.2, -0.15) is 0 Å². The van der Waals surface area contributed by atoms with Crippen LogP contribution in [0.25, 0.3) is 10.9 Å². The lowest BCUT2D eigenvalue weighted by Gasteiger charge is -2.29. The molecular formula is C26H26N4O3. The van der Waals surface area contributed by atoms with Crippen LogP contribution in [0.15, 0.2) is 54.7 Å². The molecule has 3 amide bonds. The van der Waals surface area contributed by atoms with Crippen molar-refractivity contribution in [1.82, 2.24) is 15.2 Å². The number of para-hydroxylation sites is 2. The number of unbranched alkanes of at least 4 members (excludes halogenated alkanes) is 1. The summed E-state index contributed by atoms with van der Waals surface area (Å²) >= 11 is 0. The molecule has 3 N–H and O–H groups in total. The molecule has 33 heavy (non-hydrogen) atoms. The van der Waals surface area contributed by atoms with Gasteiger partial charge in [-0.25, -0.2) is 0 Å². The predicted octanol–water partition coefficient (Wildman–Crippen LogP) is 2.93. The first-order valence-corrected chi connectivity index (χ1v) is 11.6. The van der Waals surface area contributed by atoms with E-state index >= 15 is 0 Å². The molecule has 1 spiro atoms. The number of aromatic amines is 1. The first-order chi connectivity index (χ1) is 16.1. The van der Waals surface area contributed by atoms with Gasteiger partial charge in [-0.1, -0.05) is 49.7 Å². The van der Waals surface area contributed by atoms with E-state index in [0.29, 0.717) is 18.7 Å². The summed E-state index contributed by atoms with van der Waals surface area (Å²) in [6, 6.07) is 15.2. The Morgan fingerprint density at radius 3 is 2.64 bits per heavy atom. The van der Waals surface area contributed by atoms with Crippen LogP contribution in [0.5, 0.6) is 0 Å². The van der Waals surface area contributed by atoms with Gasteiger partial charge in [-0.3, -0.25) is 24.6 Å². The Morgan fingerprint density at radius 1 is 1.00 bits per heavy atom. The Balaban J connectivity index is 1.46. The molecule has 3 aliphatic heterocycles. The molecule has 4 atom stereocenters. The van der Waals surface area contributed by atoms with E-state index in [4.69, 9.17) is 0 Å². The monoisotopic (exact) mass is 442 g/mol.